The molecule has 1 aliphatic rings. The van der Waals surface area contributed by atoms with E-state index in [1.807, 2.05) is 20.8 Å². The number of imidazole rings is 1. The molecule has 1 aromatic heterocycles. The van der Waals surface area contributed by atoms with Crippen LogP contribution in [0.15, 0.2) is 35.5 Å². The van der Waals surface area contributed by atoms with E-state index in [4.69, 9.17) is 0 Å². The molecule has 7 nitrogen and oxygen atoms in total. The van der Waals surface area contributed by atoms with Crippen molar-refractivity contribution in [2.45, 2.75) is 38.3 Å². The number of benzene rings is 1. The van der Waals surface area contributed by atoms with Crippen LogP contribution in [-0.2, 0) is 16.6 Å². The fraction of sp³-hybridized carbons (Fsp3) is 0.412. The molecule has 0 spiro atoms. The van der Waals surface area contributed by atoms with E-state index in [2.05, 4.69) is 10.3 Å². The molecule has 25 heavy (non-hydrogen) atoms. The molecule has 0 aliphatic carbocycles. The first kappa shape index (κ1) is 17.6. The summed E-state index contributed by atoms with van der Waals surface area (Å²) in [6.45, 7) is 6.06. The van der Waals surface area contributed by atoms with Crippen LogP contribution in [0.25, 0.3) is 5.69 Å². The molecule has 3 rings (SSSR count). The lowest BCUT2D eigenvalue weighted by atomic mass is 10.1. The summed E-state index contributed by atoms with van der Waals surface area (Å²) in [5.41, 5.74) is 1.32. The molecule has 1 N–H and O–H groups in total. The summed E-state index contributed by atoms with van der Waals surface area (Å²) in [5, 5.41) is 2.93. The summed E-state index contributed by atoms with van der Waals surface area (Å²) in [6.07, 6.45) is 1.51. The minimum absolute atomic E-state index is 0.00984. The first-order valence-corrected chi connectivity index (χ1v) is 9.60. The van der Waals surface area contributed by atoms with Gasteiger partial charge in [0.2, 0.25) is 10.0 Å². The van der Waals surface area contributed by atoms with Gasteiger partial charge < -0.3 is 5.32 Å². The highest BCUT2D eigenvalue weighted by Crippen LogP contribution is 2.30. The maximum absolute atomic E-state index is 12.7. The van der Waals surface area contributed by atoms with Crippen LogP contribution < -0.4 is 5.32 Å². The minimum atomic E-state index is -3.62. The number of aromatic nitrogens is 2. The van der Waals surface area contributed by atoms with Crippen LogP contribution in [0, 0.1) is 5.92 Å². The van der Waals surface area contributed by atoms with Gasteiger partial charge in [0.1, 0.15) is 11.2 Å². The van der Waals surface area contributed by atoms with E-state index in [-0.39, 0.29) is 35.0 Å². The van der Waals surface area contributed by atoms with Crippen LogP contribution in [0.1, 0.15) is 37.0 Å². The fourth-order valence-corrected chi connectivity index (χ4v) is 4.01. The van der Waals surface area contributed by atoms with Crippen molar-refractivity contribution < 1.29 is 13.2 Å². The number of sulfonamides is 1. The van der Waals surface area contributed by atoms with Crippen molar-refractivity contribution in [3.05, 3.63) is 42.0 Å². The zero-order chi connectivity index (χ0) is 18.4. The van der Waals surface area contributed by atoms with Crippen molar-refractivity contribution in [3.8, 4) is 5.69 Å². The van der Waals surface area contributed by atoms with Crippen molar-refractivity contribution in [2.24, 2.45) is 5.92 Å². The fourth-order valence-electron chi connectivity index (χ4n) is 2.70. The average Bonchev–Trinajstić information content (AvgIpc) is 2.94. The number of nitrogens with zero attached hydrogens (tertiary/aromatic N) is 3. The van der Waals surface area contributed by atoms with Gasteiger partial charge in [0.25, 0.3) is 5.91 Å². The maximum atomic E-state index is 12.7. The van der Waals surface area contributed by atoms with Gasteiger partial charge in [-0.1, -0.05) is 26.0 Å². The number of amides is 1. The summed E-state index contributed by atoms with van der Waals surface area (Å²) in [4.78, 5) is 17.1. The number of hydrogen-bond acceptors (Lipinski definition) is 4. The molecule has 1 atom stereocenters. The SMILES string of the molecule is CC(C)[C@@H](C)NC(=O)c1ncn2c1CN(C)S(=O)(=O)c1ccccc1-2. The Morgan fingerprint density at radius 1 is 1.24 bits per heavy atom. The van der Waals surface area contributed by atoms with Crippen LogP contribution >= 0.6 is 0 Å². The summed E-state index contributed by atoms with van der Waals surface area (Å²) >= 11 is 0. The predicted molar refractivity (Wildman–Crippen MR) is 94.0 cm³/mol. The number of carbonyl (C=O) groups excluding carboxylic acids is 1. The number of carbonyl (C=O) groups is 1. The molecule has 1 amide bonds. The first-order chi connectivity index (χ1) is 11.7. The van der Waals surface area contributed by atoms with Gasteiger partial charge in [0.05, 0.1) is 17.9 Å². The van der Waals surface area contributed by atoms with Crippen molar-refractivity contribution in [1.82, 2.24) is 19.2 Å². The third kappa shape index (κ3) is 2.96. The highest BCUT2D eigenvalue weighted by atomic mass is 32.2. The van der Waals surface area contributed by atoms with Gasteiger partial charge in [-0.05, 0) is 25.0 Å². The van der Waals surface area contributed by atoms with Crippen molar-refractivity contribution in [1.29, 1.82) is 0 Å². The van der Waals surface area contributed by atoms with Crippen LogP contribution in [0.3, 0.4) is 0 Å². The van der Waals surface area contributed by atoms with E-state index >= 15 is 0 Å². The number of rotatable bonds is 3. The van der Waals surface area contributed by atoms with Gasteiger partial charge in [0.15, 0.2) is 5.69 Å². The molecule has 1 aromatic carbocycles. The third-order valence-corrected chi connectivity index (χ3v) is 6.48. The summed E-state index contributed by atoms with van der Waals surface area (Å²) in [7, 11) is -2.11. The molecule has 134 valence electrons. The third-order valence-electron chi connectivity index (χ3n) is 4.63. The lowest BCUT2D eigenvalue weighted by Crippen LogP contribution is -2.37. The zero-order valence-electron chi connectivity index (χ0n) is 14.7. The topological polar surface area (TPSA) is 84.3 Å². The Balaban J connectivity index is 2.10. The van der Waals surface area contributed by atoms with E-state index in [0.717, 1.165) is 0 Å². The van der Waals surface area contributed by atoms with Gasteiger partial charge in [0, 0.05) is 13.1 Å². The normalized spacial score (nSPS) is 17.5. The molecule has 0 fully saturated rings. The smallest absolute Gasteiger partial charge is 0.272 e. The lowest BCUT2D eigenvalue weighted by Gasteiger charge is -2.18. The van der Waals surface area contributed by atoms with Crippen molar-refractivity contribution >= 4 is 15.9 Å². The zero-order valence-corrected chi connectivity index (χ0v) is 15.5. The number of para-hydroxylation sites is 1. The summed E-state index contributed by atoms with van der Waals surface area (Å²) < 4.78 is 28.4. The Hall–Kier alpha value is -2.19. The van der Waals surface area contributed by atoms with Gasteiger partial charge in [-0.2, -0.15) is 4.31 Å². The quantitative estimate of drug-likeness (QED) is 0.902. The maximum Gasteiger partial charge on any atom is 0.272 e. The minimum Gasteiger partial charge on any atom is -0.348 e. The van der Waals surface area contributed by atoms with Gasteiger partial charge in [-0.3, -0.25) is 9.36 Å². The highest BCUT2D eigenvalue weighted by Gasteiger charge is 2.32. The second kappa shape index (κ2) is 6.27. The monoisotopic (exact) mass is 362 g/mol. The Kier molecular flexibility index (Phi) is 4.42. The van der Waals surface area contributed by atoms with Gasteiger partial charge in [-0.25, -0.2) is 13.4 Å². The van der Waals surface area contributed by atoms with Crippen molar-refractivity contribution in [2.75, 3.05) is 7.05 Å². The largest absolute Gasteiger partial charge is 0.348 e. The molecule has 1 aliphatic heterocycles. The Morgan fingerprint density at radius 3 is 2.60 bits per heavy atom. The van der Waals surface area contributed by atoms with Crippen LogP contribution in [0.4, 0.5) is 0 Å². The van der Waals surface area contributed by atoms with Gasteiger partial charge in [-0.15, -0.1) is 0 Å². The van der Waals surface area contributed by atoms with Crippen LogP contribution in [-0.4, -0.2) is 41.3 Å². The molecular formula is C17H22N4O3S. The first-order valence-electron chi connectivity index (χ1n) is 8.16. The Labute approximate surface area is 147 Å². The Bertz CT molecular complexity index is 918. The van der Waals surface area contributed by atoms with E-state index in [1.54, 1.807) is 28.8 Å². The second-order valence-corrected chi connectivity index (χ2v) is 8.66. The van der Waals surface area contributed by atoms with Crippen LogP contribution in [0.5, 0.6) is 0 Å². The molecule has 2 heterocycles. The second-order valence-electron chi connectivity index (χ2n) is 6.64. The molecule has 0 saturated heterocycles. The van der Waals surface area contributed by atoms with Crippen LogP contribution in [0.2, 0.25) is 0 Å². The summed E-state index contributed by atoms with van der Waals surface area (Å²) in [5.74, 6) is -0.00549. The highest BCUT2D eigenvalue weighted by molar-refractivity contribution is 7.89. The molecular weight excluding hydrogens is 340 g/mol. The molecule has 0 unspecified atom stereocenters. The molecule has 0 radical (unpaired) electrons. The molecule has 0 bridgehead atoms. The number of fused-ring (bicyclic) bond motifs is 3. The Morgan fingerprint density at radius 2 is 1.92 bits per heavy atom. The molecule has 0 saturated carbocycles. The standard InChI is InChI=1S/C17H22N4O3S/c1-11(2)12(3)19-17(22)16-14-9-20(4)25(23,24)15-8-6-5-7-13(15)21(14)10-18-16/h5-8,10-12H,9H2,1-4H3,(H,19,22)/t12-/m1/s1. The average molecular weight is 362 g/mol. The number of nitrogens with one attached hydrogen (secondary N) is 1. The lowest BCUT2D eigenvalue weighted by molar-refractivity contribution is 0.0924. The van der Waals surface area contributed by atoms with E-state index in [9.17, 15) is 13.2 Å². The summed E-state index contributed by atoms with van der Waals surface area (Å²) in [6, 6.07) is 6.73. The van der Waals surface area contributed by atoms with Crippen molar-refractivity contribution in [3.63, 3.8) is 0 Å². The van der Waals surface area contributed by atoms with E-state index in [0.29, 0.717) is 11.4 Å². The van der Waals surface area contributed by atoms with E-state index < -0.39 is 10.0 Å². The van der Waals surface area contributed by atoms with Gasteiger partial charge >= 0.3 is 0 Å². The molecule has 2 aromatic rings. The molecule has 8 heteroatoms. The van der Waals surface area contributed by atoms with E-state index in [1.165, 1.54) is 17.7 Å². The number of hydrogen-bond donors (Lipinski definition) is 1. The predicted octanol–water partition coefficient (Wildman–Crippen LogP) is 1.78.